The molecular formula is C23H21N3O3S. The molecule has 152 valence electrons. The Morgan fingerprint density at radius 2 is 1.83 bits per heavy atom. The Hall–Kier alpha value is -3.45. The van der Waals surface area contributed by atoms with E-state index in [1.165, 1.54) is 16.2 Å². The van der Waals surface area contributed by atoms with Gasteiger partial charge in [-0.1, -0.05) is 62.4 Å². The highest BCUT2D eigenvalue weighted by Crippen LogP contribution is 2.32. The van der Waals surface area contributed by atoms with Crippen LogP contribution in [0.3, 0.4) is 0 Å². The molecule has 0 radical (unpaired) electrons. The predicted molar refractivity (Wildman–Crippen MR) is 119 cm³/mol. The number of aliphatic hydroxyl groups excluding tert-OH is 1. The molecule has 1 aliphatic rings. The molecule has 2 aromatic carbocycles. The molecule has 1 aromatic heterocycles. The van der Waals surface area contributed by atoms with E-state index in [2.05, 4.69) is 10.3 Å². The van der Waals surface area contributed by atoms with Gasteiger partial charge < -0.3 is 10.4 Å². The molecule has 0 unspecified atom stereocenters. The van der Waals surface area contributed by atoms with E-state index >= 15 is 0 Å². The van der Waals surface area contributed by atoms with Crippen LogP contribution in [0.15, 0.2) is 71.3 Å². The Bertz CT molecular complexity index is 1140. The van der Waals surface area contributed by atoms with Gasteiger partial charge in [-0.25, -0.2) is 4.98 Å². The van der Waals surface area contributed by atoms with Crippen LogP contribution in [0.25, 0.3) is 11.3 Å². The summed E-state index contributed by atoms with van der Waals surface area (Å²) in [5, 5.41) is 15.4. The van der Waals surface area contributed by atoms with E-state index in [1.54, 1.807) is 6.07 Å². The van der Waals surface area contributed by atoms with Gasteiger partial charge in [-0.3, -0.25) is 14.5 Å². The first-order chi connectivity index (χ1) is 14.5. The minimum atomic E-state index is -0.618. The number of rotatable bonds is 5. The Morgan fingerprint density at radius 1 is 1.13 bits per heavy atom. The molecule has 0 saturated heterocycles. The van der Waals surface area contributed by atoms with Crippen molar-refractivity contribution in [1.29, 1.82) is 0 Å². The lowest BCUT2D eigenvalue weighted by atomic mass is 10.0. The van der Waals surface area contributed by atoms with Crippen LogP contribution < -0.4 is 10.2 Å². The number of anilines is 2. The van der Waals surface area contributed by atoms with E-state index in [9.17, 15) is 14.7 Å². The molecule has 2 heterocycles. The molecule has 0 aliphatic carbocycles. The molecular weight excluding hydrogens is 398 g/mol. The Kier molecular flexibility index (Phi) is 5.37. The van der Waals surface area contributed by atoms with Gasteiger partial charge in [-0.15, -0.1) is 11.3 Å². The van der Waals surface area contributed by atoms with Crippen LogP contribution in [-0.2, 0) is 9.59 Å². The normalized spacial score (nSPS) is 14.0. The highest BCUT2D eigenvalue weighted by Gasteiger charge is 2.37. The number of hydrogen-bond donors (Lipinski definition) is 2. The van der Waals surface area contributed by atoms with Gasteiger partial charge in [0.05, 0.1) is 12.2 Å². The molecule has 2 amide bonds. The van der Waals surface area contributed by atoms with Crippen LogP contribution in [0.5, 0.6) is 0 Å². The zero-order valence-electron chi connectivity index (χ0n) is 16.6. The Balaban J connectivity index is 1.54. The summed E-state index contributed by atoms with van der Waals surface area (Å²) in [5.74, 6) is -1.23. The maximum Gasteiger partial charge on any atom is 0.269 e. The summed E-state index contributed by atoms with van der Waals surface area (Å²) >= 11 is 1.30. The number of amides is 2. The lowest BCUT2D eigenvalue weighted by Gasteiger charge is -2.14. The van der Waals surface area contributed by atoms with Crippen LogP contribution in [0.1, 0.15) is 25.3 Å². The molecule has 7 heteroatoms. The third-order valence-electron chi connectivity index (χ3n) is 4.91. The predicted octanol–water partition coefficient (Wildman–Crippen LogP) is 4.73. The monoisotopic (exact) mass is 419 g/mol. The minimum Gasteiger partial charge on any atom is -0.509 e. The van der Waals surface area contributed by atoms with Crippen molar-refractivity contribution in [2.75, 3.05) is 16.8 Å². The quantitative estimate of drug-likeness (QED) is 0.586. The van der Waals surface area contributed by atoms with Crippen molar-refractivity contribution < 1.29 is 14.7 Å². The van der Waals surface area contributed by atoms with Gasteiger partial charge >= 0.3 is 0 Å². The third kappa shape index (κ3) is 3.71. The molecule has 0 bridgehead atoms. The molecule has 6 nitrogen and oxygen atoms in total. The van der Waals surface area contributed by atoms with Gasteiger partial charge in [0.1, 0.15) is 11.3 Å². The fraction of sp³-hybridized carbons (Fsp3) is 0.174. The standard InChI is InChI=1S/C23H21N3O3S/c1-14(2)16-10-6-7-11-17(16)24-21(28)20-19(27)12-26(22(20)29)23-25-18(13-30-23)15-8-4-3-5-9-15/h3-11,13-14,27H,12H2,1-2H3,(H,24,28). The Morgan fingerprint density at radius 3 is 2.57 bits per heavy atom. The number of benzene rings is 2. The Labute approximate surface area is 178 Å². The summed E-state index contributed by atoms with van der Waals surface area (Å²) in [6.07, 6.45) is 0. The van der Waals surface area contributed by atoms with Crippen molar-refractivity contribution in [2.45, 2.75) is 19.8 Å². The molecule has 0 fully saturated rings. The maximum atomic E-state index is 12.9. The first-order valence-electron chi connectivity index (χ1n) is 9.61. The van der Waals surface area contributed by atoms with E-state index < -0.39 is 11.8 Å². The summed E-state index contributed by atoms with van der Waals surface area (Å²) in [7, 11) is 0. The van der Waals surface area contributed by atoms with E-state index in [0.29, 0.717) is 10.8 Å². The van der Waals surface area contributed by atoms with Crippen molar-refractivity contribution in [3.8, 4) is 11.3 Å². The second-order valence-corrected chi connectivity index (χ2v) is 8.13. The molecule has 3 aromatic rings. The molecule has 0 saturated carbocycles. The molecule has 4 rings (SSSR count). The van der Waals surface area contributed by atoms with Crippen LogP contribution >= 0.6 is 11.3 Å². The van der Waals surface area contributed by atoms with Gasteiger partial charge in [0, 0.05) is 16.6 Å². The van der Waals surface area contributed by atoms with Crippen LogP contribution in [0.4, 0.5) is 10.8 Å². The topological polar surface area (TPSA) is 82.5 Å². The van der Waals surface area contributed by atoms with Crippen molar-refractivity contribution >= 4 is 34.0 Å². The molecule has 0 spiro atoms. The van der Waals surface area contributed by atoms with E-state index in [4.69, 9.17) is 0 Å². The number of aromatic nitrogens is 1. The lowest BCUT2D eigenvalue weighted by molar-refractivity contribution is -0.119. The molecule has 1 aliphatic heterocycles. The summed E-state index contributed by atoms with van der Waals surface area (Å²) in [4.78, 5) is 31.6. The van der Waals surface area contributed by atoms with Crippen molar-refractivity contribution in [3.63, 3.8) is 0 Å². The number of carbonyl (C=O) groups is 2. The largest absolute Gasteiger partial charge is 0.509 e. The maximum absolute atomic E-state index is 12.9. The minimum absolute atomic E-state index is 0.0742. The number of carbonyl (C=O) groups excluding carboxylic acids is 2. The van der Waals surface area contributed by atoms with Crippen LogP contribution in [0.2, 0.25) is 0 Å². The SMILES string of the molecule is CC(C)c1ccccc1NC(=O)C1=C(O)CN(c2nc(-c3ccccc3)cs2)C1=O. The second-order valence-electron chi connectivity index (χ2n) is 7.29. The third-order valence-corrected chi connectivity index (χ3v) is 5.77. The summed E-state index contributed by atoms with van der Waals surface area (Å²) in [6, 6.07) is 17.1. The highest BCUT2D eigenvalue weighted by atomic mass is 32.1. The average Bonchev–Trinajstić information content (AvgIpc) is 3.33. The number of nitrogens with zero attached hydrogens (tertiary/aromatic N) is 2. The molecule has 0 atom stereocenters. The first-order valence-corrected chi connectivity index (χ1v) is 10.5. The van der Waals surface area contributed by atoms with Crippen LogP contribution in [0, 0.1) is 0 Å². The zero-order chi connectivity index (χ0) is 21.3. The van der Waals surface area contributed by atoms with E-state index in [-0.39, 0.29) is 23.8 Å². The fourth-order valence-corrected chi connectivity index (χ4v) is 4.20. The number of para-hydroxylation sites is 1. The number of hydrogen-bond acceptors (Lipinski definition) is 5. The number of thiazole rings is 1. The highest BCUT2D eigenvalue weighted by molar-refractivity contribution is 7.14. The summed E-state index contributed by atoms with van der Waals surface area (Å²) in [6.45, 7) is 3.98. The first kappa shape index (κ1) is 19.8. The summed E-state index contributed by atoms with van der Waals surface area (Å²) in [5.41, 5.74) is 3.02. The van der Waals surface area contributed by atoms with Gasteiger partial charge in [0.25, 0.3) is 11.8 Å². The zero-order valence-corrected chi connectivity index (χ0v) is 17.4. The van der Waals surface area contributed by atoms with Gasteiger partial charge in [-0.2, -0.15) is 0 Å². The van der Waals surface area contributed by atoms with Crippen LogP contribution in [-0.4, -0.2) is 28.4 Å². The fourth-order valence-electron chi connectivity index (χ4n) is 3.37. The molecule has 30 heavy (non-hydrogen) atoms. The smallest absolute Gasteiger partial charge is 0.269 e. The van der Waals surface area contributed by atoms with Crippen molar-refractivity contribution in [1.82, 2.24) is 4.98 Å². The van der Waals surface area contributed by atoms with Gasteiger partial charge in [-0.05, 0) is 17.5 Å². The van der Waals surface area contributed by atoms with Gasteiger partial charge in [0.15, 0.2) is 5.13 Å². The second kappa shape index (κ2) is 8.12. The number of aliphatic hydroxyl groups is 1. The van der Waals surface area contributed by atoms with Crippen molar-refractivity contribution in [3.05, 3.63) is 76.9 Å². The van der Waals surface area contributed by atoms with E-state index in [0.717, 1.165) is 16.8 Å². The average molecular weight is 420 g/mol. The van der Waals surface area contributed by atoms with E-state index in [1.807, 2.05) is 67.8 Å². The lowest BCUT2D eigenvalue weighted by Crippen LogP contribution is -2.30. The number of nitrogens with one attached hydrogen (secondary N) is 1. The molecule has 2 N–H and O–H groups in total. The van der Waals surface area contributed by atoms with Crippen molar-refractivity contribution in [2.24, 2.45) is 0 Å². The summed E-state index contributed by atoms with van der Waals surface area (Å²) < 4.78 is 0. The van der Waals surface area contributed by atoms with Gasteiger partial charge in [0.2, 0.25) is 0 Å².